The first kappa shape index (κ1) is 14.6. The molecule has 0 amide bonds. The first-order valence-electron chi connectivity index (χ1n) is 7.96. The minimum absolute atomic E-state index is 0.526. The summed E-state index contributed by atoms with van der Waals surface area (Å²) in [6, 6.07) is 1.17. The molecule has 0 aliphatic heterocycles. The summed E-state index contributed by atoms with van der Waals surface area (Å²) in [5.41, 5.74) is 1.34. The molecule has 0 bridgehead atoms. The minimum atomic E-state index is 0.526. The summed E-state index contributed by atoms with van der Waals surface area (Å²) in [5.74, 6) is 0.853. The molecule has 1 aromatic rings. The summed E-state index contributed by atoms with van der Waals surface area (Å²) in [5, 5.41) is 3.51. The highest BCUT2D eigenvalue weighted by Crippen LogP contribution is 2.35. The Labute approximate surface area is 117 Å². The topological polar surface area (TPSA) is 29.9 Å². The second-order valence-electron chi connectivity index (χ2n) is 6.20. The Morgan fingerprint density at radius 2 is 2.05 bits per heavy atom. The Balaban J connectivity index is 2.07. The van der Waals surface area contributed by atoms with Crippen LogP contribution in [-0.4, -0.2) is 15.6 Å². The largest absolute Gasteiger partial charge is 0.330 e. The molecule has 0 saturated heterocycles. The van der Waals surface area contributed by atoms with Crippen molar-refractivity contribution in [2.24, 2.45) is 5.92 Å². The molecule has 1 heterocycles. The fourth-order valence-electron chi connectivity index (χ4n) is 3.35. The summed E-state index contributed by atoms with van der Waals surface area (Å²) in [6.45, 7) is 7.64. The summed E-state index contributed by atoms with van der Waals surface area (Å²) < 4.78 is 2.44. The van der Waals surface area contributed by atoms with Crippen LogP contribution >= 0.6 is 0 Å². The van der Waals surface area contributed by atoms with Crippen LogP contribution in [0.15, 0.2) is 12.5 Å². The number of aromatic nitrogens is 2. The maximum Gasteiger partial charge on any atom is 0.0951 e. The Morgan fingerprint density at radius 1 is 1.32 bits per heavy atom. The van der Waals surface area contributed by atoms with Gasteiger partial charge in [0.25, 0.3) is 0 Å². The van der Waals surface area contributed by atoms with Crippen molar-refractivity contribution < 1.29 is 0 Å². The fourth-order valence-corrected chi connectivity index (χ4v) is 3.35. The minimum Gasteiger partial charge on any atom is -0.330 e. The van der Waals surface area contributed by atoms with Crippen LogP contribution in [0.25, 0.3) is 0 Å². The highest BCUT2D eigenvalue weighted by atomic mass is 15.1. The van der Waals surface area contributed by atoms with Crippen LogP contribution in [0.3, 0.4) is 0 Å². The molecule has 3 heteroatoms. The van der Waals surface area contributed by atoms with Crippen LogP contribution in [0.4, 0.5) is 0 Å². The fraction of sp³-hybridized carbons (Fsp3) is 0.812. The maximum atomic E-state index is 4.39. The van der Waals surface area contributed by atoms with E-state index < -0.39 is 0 Å². The smallest absolute Gasteiger partial charge is 0.0951 e. The molecule has 1 fully saturated rings. The van der Waals surface area contributed by atoms with E-state index in [-0.39, 0.29) is 0 Å². The van der Waals surface area contributed by atoms with Gasteiger partial charge in [0, 0.05) is 24.8 Å². The van der Waals surface area contributed by atoms with Crippen LogP contribution in [0.5, 0.6) is 0 Å². The van der Waals surface area contributed by atoms with Crippen molar-refractivity contribution in [2.45, 2.75) is 77.9 Å². The van der Waals surface area contributed by atoms with Gasteiger partial charge < -0.3 is 9.88 Å². The molecule has 3 nitrogen and oxygen atoms in total. The molecule has 1 aromatic heterocycles. The van der Waals surface area contributed by atoms with Crippen LogP contribution in [0.2, 0.25) is 0 Å². The highest BCUT2D eigenvalue weighted by molar-refractivity contribution is 5.01. The molecule has 1 atom stereocenters. The predicted molar refractivity (Wildman–Crippen MR) is 80.1 cm³/mol. The van der Waals surface area contributed by atoms with E-state index >= 15 is 0 Å². The molecule has 1 aliphatic carbocycles. The first-order valence-corrected chi connectivity index (χ1v) is 7.96. The molecule has 19 heavy (non-hydrogen) atoms. The third-order valence-corrected chi connectivity index (χ3v) is 4.41. The van der Waals surface area contributed by atoms with Gasteiger partial charge >= 0.3 is 0 Å². The standard InChI is InChI=1S/C16H29N3/c1-4-16(14-8-6-5-7-9-14)19-12-17-10-15(19)11-18-13(2)3/h10,12-14,16,18H,4-9,11H2,1-3H3. The van der Waals surface area contributed by atoms with Gasteiger partial charge in [0.15, 0.2) is 0 Å². The highest BCUT2D eigenvalue weighted by Gasteiger charge is 2.24. The summed E-state index contributed by atoms with van der Waals surface area (Å²) in [6.07, 6.45) is 12.3. The van der Waals surface area contributed by atoms with Crippen molar-refractivity contribution in [3.05, 3.63) is 18.2 Å². The van der Waals surface area contributed by atoms with E-state index in [1.165, 1.54) is 44.2 Å². The van der Waals surface area contributed by atoms with E-state index in [9.17, 15) is 0 Å². The van der Waals surface area contributed by atoms with Crippen LogP contribution in [0, 0.1) is 5.92 Å². The Hall–Kier alpha value is -0.830. The Morgan fingerprint density at radius 3 is 2.68 bits per heavy atom. The predicted octanol–water partition coefficient (Wildman–Crippen LogP) is 3.91. The lowest BCUT2D eigenvalue weighted by molar-refractivity contribution is 0.238. The van der Waals surface area contributed by atoms with Gasteiger partial charge in [0.1, 0.15) is 0 Å². The van der Waals surface area contributed by atoms with E-state index in [2.05, 4.69) is 35.6 Å². The van der Waals surface area contributed by atoms with Gasteiger partial charge in [-0.1, -0.05) is 40.0 Å². The summed E-state index contributed by atoms with van der Waals surface area (Å²) >= 11 is 0. The van der Waals surface area contributed by atoms with E-state index in [1.54, 1.807) is 0 Å². The molecule has 1 unspecified atom stereocenters. The number of nitrogens with zero attached hydrogens (tertiary/aromatic N) is 2. The average molecular weight is 263 g/mol. The maximum absolute atomic E-state index is 4.39. The molecule has 1 N–H and O–H groups in total. The lowest BCUT2D eigenvalue weighted by Gasteiger charge is -2.31. The van der Waals surface area contributed by atoms with Crippen molar-refractivity contribution in [3.63, 3.8) is 0 Å². The number of hydrogen-bond donors (Lipinski definition) is 1. The number of hydrogen-bond acceptors (Lipinski definition) is 2. The van der Waals surface area contributed by atoms with Gasteiger partial charge in [0.2, 0.25) is 0 Å². The average Bonchev–Trinajstić information content (AvgIpc) is 2.87. The van der Waals surface area contributed by atoms with Crippen LogP contribution in [0.1, 0.15) is 71.0 Å². The van der Waals surface area contributed by atoms with Gasteiger partial charge in [-0.3, -0.25) is 0 Å². The number of nitrogens with one attached hydrogen (secondary N) is 1. The molecule has 0 radical (unpaired) electrons. The zero-order valence-electron chi connectivity index (χ0n) is 12.7. The summed E-state index contributed by atoms with van der Waals surface area (Å²) in [4.78, 5) is 4.39. The molecule has 108 valence electrons. The van der Waals surface area contributed by atoms with E-state index in [4.69, 9.17) is 0 Å². The van der Waals surface area contributed by atoms with E-state index in [1.807, 2.05) is 12.5 Å². The monoisotopic (exact) mass is 263 g/mol. The molecular weight excluding hydrogens is 234 g/mol. The van der Waals surface area contributed by atoms with Crippen molar-refractivity contribution in [1.29, 1.82) is 0 Å². The SMILES string of the molecule is CCC(C1CCCCC1)n1cncc1CNC(C)C. The number of rotatable bonds is 6. The molecule has 0 spiro atoms. The second kappa shape index (κ2) is 7.09. The van der Waals surface area contributed by atoms with Gasteiger partial charge in [-0.2, -0.15) is 0 Å². The quantitative estimate of drug-likeness (QED) is 0.843. The first-order chi connectivity index (χ1) is 9.22. The van der Waals surface area contributed by atoms with Crippen molar-refractivity contribution in [3.8, 4) is 0 Å². The second-order valence-corrected chi connectivity index (χ2v) is 6.20. The summed E-state index contributed by atoms with van der Waals surface area (Å²) in [7, 11) is 0. The lowest BCUT2D eigenvalue weighted by Crippen LogP contribution is -2.27. The number of imidazole rings is 1. The Bertz CT molecular complexity index is 364. The van der Waals surface area contributed by atoms with Gasteiger partial charge in [-0.05, 0) is 25.2 Å². The van der Waals surface area contributed by atoms with E-state index in [0.717, 1.165) is 12.5 Å². The zero-order valence-corrected chi connectivity index (χ0v) is 12.7. The Kier molecular flexibility index (Phi) is 5.44. The molecular formula is C16H29N3. The molecule has 1 saturated carbocycles. The van der Waals surface area contributed by atoms with Crippen molar-refractivity contribution >= 4 is 0 Å². The zero-order chi connectivity index (χ0) is 13.7. The molecule has 1 aliphatic rings. The normalized spacial score (nSPS) is 18.9. The third-order valence-electron chi connectivity index (χ3n) is 4.41. The van der Waals surface area contributed by atoms with Crippen molar-refractivity contribution in [1.82, 2.24) is 14.9 Å². The van der Waals surface area contributed by atoms with Gasteiger partial charge in [-0.15, -0.1) is 0 Å². The molecule has 0 aromatic carbocycles. The third kappa shape index (κ3) is 3.82. The van der Waals surface area contributed by atoms with Gasteiger partial charge in [-0.25, -0.2) is 4.98 Å². The van der Waals surface area contributed by atoms with E-state index in [0.29, 0.717) is 12.1 Å². The lowest BCUT2D eigenvalue weighted by atomic mass is 9.82. The van der Waals surface area contributed by atoms with Crippen molar-refractivity contribution in [2.75, 3.05) is 0 Å². The van der Waals surface area contributed by atoms with Crippen LogP contribution < -0.4 is 5.32 Å². The van der Waals surface area contributed by atoms with Crippen LogP contribution in [-0.2, 0) is 6.54 Å². The molecule has 2 rings (SSSR count). The van der Waals surface area contributed by atoms with Gasteiger partial charge in [0.05, 0.1) is 12.0 Å².